The van der Waals surface area contributed by atoms with Gasteiger partial charge in [-0.1, -0.05) is 26.7 Å². The number of benzene rings is 1. The van der Waals surface area contributed by atoms with Gasteiger partial charge in [-0.2, -0.15) is 13.2 Å². The predicted molar refractivity (Wildman–Crippen MR) is 68.4 cm³/mol. The first-order valence-corrected chi connectivity index (χ1v) is 6.09. The summed E-state index contributed by atoms with van der Waals surface area (Å²) in [4.78, 5) is 0. The van der Waals surface area contributed by atoms with E-state index >= 15 is 0 Å². The molecule has 3 N–H and O–H groups in total. The number of hydrogen-bond acceptors (Lipinski definition) is 2. The van der Waals surface area contributed by atoms with Crippen LogP contribution in [0.4, 0.5) is 24.5 Å². The lowest BCUT2D eigenvalue weighted by atomic mass is 10.0. The van der Waals surface area contributed by atoms with Crippen molar-refractivity contribution in [3.8, 4) is 0 Å². The monoisotopic (exact) mass is 260 g/mol. The standard InChI is InChI=1S/C13H19F3N2/c1-3-9(4-2)8-18-10-5-6-12(17)11(7-10)13(14,15)16/h5-7,9,18H,3-4,8,17H2,1-2H3. The van der Waals surface area contributed by atoms with Crippen LogP contribution in [0.15, 0.2) is 18.2 Å². The van der Waals surface area contributed by atoms with Crippen LogP contribution in [-0.2, 0) is 6.18 Å². The van der Waals surface area contributed by atoms with E-state index in [0.29, 0.717) is 18.2 Å². The van der Waals surface area contributed by atoms with Gasteiger partial charge in [-0.3, -0.25) is 0 Å². The number of alkyl halides is 3. The summed E-state index contributed by atoms with van der Waals surface area (Å²) in [5.74, 6) is 0.469. The molecular formula is C13H19F3N2. The average molecular weight is 260 g/mol. The minimum Gasteiger partial charge on any atom is -0.398 e. The number of rotatable bonds is 5. The van der Waals surface area contributed by atoms with E-state index in [9.17, 15) is 13.2 Å². The highest BCUT2D eigenvalue weighted by Gasteiger charge is 2.33. The molecule has 0 fully saturated rings. The van der Waals surface area contributed by atoms with Crippen molar-refractivity contribution in [2.75, 3.05) is 17.6 Å². The normalized spacial score (nSPS) is 11.9. The summed E-state index contributed by atoms with van der Waals surface area (Å²) < 4.78 is 38.0. The van der Waals surface area contributed by atoms with Crippen LogP contribution in [0.1, 0.15) is 32.3 Å². The summed E-state index contributed by atoms with van der Waals surface area (Å²) >= 11 is 0. The molecule has 18 heavy (non-hydrogen) atoms. The van der Waals surface area contributed by atoms with Crippen LogP contribution in [0.5, 0.6) is 0 Å². The minimum absolute atomic E-state index is 0.240. The SMILES string of the molecule is CCC(CC)CNc1ccc(N)c(C(F)(F)F)c1. The van der Waals surface area contributed by atoms with Crippen molar-refractivity contribution in [1.29, 1.82) is 0 Å². The summed E-state index contributed by atoms with van der Waals surface area (Å²) in [6, 6.07) is 3.93. The molecule has 1 aromatic rings. The highest BCUT2D eigenvalue weighted by molar-refractivity contribution is 5.58. The molecule has 0 atom stereocenters. The Labute approximate surface area is 105 Å². The van der Waals surface area contributed by atoms with E-state index in [1.165, 1.54) is 6.07 Å². The van der Waals surface area contributed by atoms with E-state index in [0.717, 1.165) is 18.9 Å². The zero-order valence-electron chi connectivity index (χ0n) is 10.6. The van der Waals surface area contributed by atoms with Crippen molar-refractivity contribution in [2.24, 2.45) is 5.92 Å². The van der Waals surface area contributed by atoms with Gasteiger partial charge in [-0.25, -0.2) is 0 Å². The number of hydrogen-bond donors (Lipinski definition) is 2. The maximum Gasteiger partial charge on any atom is 0.418 e. The molecule has 0 spiro atoms. The van der Waals surface area contributed by atoms with Gasteiger partial charge in [0.15, 0.2) is 0 Å². The lowest BCUT2D eigenvalue weighted by Gasteiger charge is -2.16. The molecule has 0 heterocycles. The number of nitrogens with one attached hydrogen (secondary N) is 1. The van der Waals surface area contributed by atoms with Gasteiger partial charge >= 0.3 is 6.18 Å². The minimum atomic E-state index is -4.41. The Morgan fingerprint density at radius 1 is 1.22 bits per heavy atom. The van der Waals surface area contributed by atoms with Gasteiger partial charge in [-0.15, -0.1) is 0 Å². The Kier molecular flexibility index (Phi) is 4.87. The van der Waals surface area contributed by atoms with E-state index in [4.69, 9.17) is 5.73 Å². The zero-order valence-corrected chi connectivity index (χ0v) is 10.6. The first-order valence-electron chi connectivity index (χ1n) is 6.09. The fraction of sp³-hybridized carbons (Fsp3) is 0.538. The first kappa shape index (κ1) is 14.7. The van der Waals surface area contributed by atoms with Crippen molar-refractivity contribution in [2.45, 2.75) is 32.9 Å². The molecule has 0 saturated carbocycles. The number of nitrogen functional groups attached to an aromatic ring is 1. The lowest BCUT2D eigenvalue weighted by molar-refractivity contribution is -0.136. The van der Waals surface area contributed by atoms with Crippen LogP contribution >= 0.6 is 0 Å². The molecule has 0 aromatic heterocycles. The fourth-order valence-electron chi connectivity index (χ4n) is 1.75. The molecule has 0 aliphatic heterocycles. The topological polar surface area (TPSA) is 38.0 Å². The van der Waals surface area contributed by atoms with Crippen molar-refractivity contribution in [1.82, 2.24) is 0 Å². The molecular weight excluding hydrogens is 241 g/mol. The van der Waals surface area contributed by atoms with Crippen LogP contribution in [-0.4, -0.2) is 6.54 Å². The molecule has 1 rings (SSSR count). The highest BCUT2D eigenvalue weighted by Crippen LogP contribution is 2.35. The van der Waals surface area contributed by atoms with Gasteiger partial charge in [0.05, 0.1) is 5.56 Å². The molecule has 0 aliphatic rings. The van der Waals surface area contributed by atoms with Crippen LogP contribution in [0.2, 0.25) is 0 Å². The third kappa shape index (κ3) is 3.82. The van der Waals surface area contributed by atoms with E-state index < -0.39 is 11.7 Å². The summed E-state index contributed by atoms with van der Waals surface area (Å²) in [5.41, 5.74) is 4.78. The van der Waals surface area contributed by atoms with Crippen molar-refractivity contribution < 1.29 is 13.2 Å². The summed E-state index contributed by atoms with van der Waals surface area (Å²) in [7, 11) is 0. The zero-order chi connectivity index (χ0) is 13.8. The summed E-state index contributed by atoms with van der Waals surface area (Å²) in [5, 5.41) is 3.03. The second kappa shape index (κ2) is 5.98. The molecule has 0 saturated heterocycles. The summed E-state index contributed by atoms with van der Waals surface area (Å²) in [6.07, 6.45) is -2.40. The smallest absolute Gasteiger partial charge is 0.398 e. The Balaban J connectivity index is 2.80. The van der Waals surface area contributed by atoms with Gasteiger partial charge in [0.1, 0.15) is 0 Å². The number of anilines is 2. The van der Waals surface area contributed by atoms with Crippen LogP contribution in [0.25, 0.3) is 0 Å². The molecule has 0 radical (unpaired) electrons. The molecule has 0 amide bonds. The first-order chi connectivity index (χ1) is 8.38. The molecule has 2 nitrogen and oxygen atoms in total. The van der Waals surface area contributed by atoms with E-state index in [-0.39, 0.29) is 5.69 Å². The van der Waals surface area contributed by atoms with Gasteiger partial charge in [0, 0.05) is 17.9 Å². The van der Waals surface area contributed by atoms with E-state index in [1.54, 1.807) is 6.07 Å². The predicted octanol–water partition coefficient (Wildman–Crippen LogP) is 4.14. The maximum atomic E-state index is 12.7. The molecule has 5 heteroatoms. The van der Waals surface area contributed by atoms with Gasteiger partial charge < -0.3 is 11.1 Å². The second-order valence-electron chi connectivity index (χ2n) is 4.36. The van der Waals surface area contributed by atoms with Crippen LogP contribution in [0.3, 0.4) is 0 Å². The number of nitrogens with two attached hydrogens (primary N) is 1. The Bertz CT molecular complexity index is 384. The Morgan fingerprint density at radius 3 is 2.33 bits per heavy atom. The highest BCUT2D eigenvalue weighted by atomic mass is 19.4. The third-order valence-corrected chi connectivity index (χ3v) is 3.11. The molecule has 0 bridgehead atoms. The largest absolute Gasteiger partial charge is 0.418 e. The van der Waals surface area contributed by atoms with E-state index in [2.05, 4.69) is 19.2 Å². The van der Waals surface area contributed by atoms with Crippen molar-refractivity contribution in [3.63, 3.8) is 0 Å². The van der Waals surface area contributed by atoms with Gasteiger partial charge in [0.2, 0.25) is 0 Å². The van der Waals surface area contributed by atoms with E-state index in [1.807, 2.05) is 0 Å². The summed E-state index contributed by atoms with van der Waals surface area (Å²) in [6.45, 7) is 4.81. The molecule has 0 aliphatic carbocycles. The lowest BCUT2D eigenvalue weighted by Crippen LogP contribution is -2.14. The third-order valence-electron chi connectivity index (χ3n) is 3.11. The molecule has 1 aromatic carbocycles. The van der Waals surface area contributed by atoms with Crippen molar-refractivity contribution >= 4 is 11.4 Å². The van der Waals surface area contributed by atoms with Gasteiger partial charge in [0.25, 0.3) is 0 Å². The Hall–Kier alpha value is -1.39. The maximum absolute atomic E-state index is 12.7. The fourth-order valence-corrected chi connectivity index (χ4v) is 1.75. The van der Waals surface area contributed by atoms with Crippen LogP contribution < -0.4 is 11.1 Å². The average Bonchev–Trinajstić information content (AvgIpc) is 2.31. The van der Waals surface area contributed by atoms with Gasteiger partial charge in [-0.05, 0) is 24.1 Å². The second-order valence-corrected chi connectivity index (χ2v) is 4.36. The molecule has 102 valence electrons. The molecule has 0 unspecified atom stereocenters. The van der Waals surface area contributed by atoms with Crippen molar-refractivity contribution in [3.05, 3.63) is 23.8 Å². The van der Waals surface area contributed by atoms with Crippen LogP contribution in [0, 0.1) is 5.92 Å². The quantitative estimate of drug-likeness (QED) is 0.781. The Morgan fingerprint density at radius 2 is 1.83 bits per heavy atom. The number of halogens is 3.